The first-order chi connectivity index (χ1) is 9.36. The molecule has 20 heavy (non-hydrogen) atoms. The maximum atomic E-state index is 12.3. The minimum atomic E-state index is 0.120. The standard InChI is InChI=1S/C16H27N3O/c1-7-10-18(5)12-16(20)19(6)14-9-8-13(2)15(11-14)17(3)4/h8-9,11H,7,10,12H2,1-6H3. The van der Waals surface area contributed by atoms with Crippen molar-refractivity contribution in [1.29, 1.82) is 0 Å². The fourth-order valence-electron chi connectivity index (χ4n) is 2.23. The summed E-state index contributed by atoms with van der Waals surface area (Å²) in [6, 6.07) is 6.12. The predicted octanol–water partition coefficient (Wildman–Crippen LogP) is 2.37. The molecule has 0 heterocycles. The van der Waals surface area contributed by atoms with E-state index in [0.717, 1.165) is 24.3 Å². The summed E-state index contributed by atoms with van der Waals surface area (Å²) in [4.78, 5) is 18.1. The van der Waals surface area contributed by atoms with Crippen molar-refractivity contribution in [1.82, 2.24) is 4.90 Å². The van der Waals surface area contributed by atoms with Crippen molar-refractivity contribution in [2.24, 2.45) is 0 Å². The molecule has 0 radical (unpaired) electrons. The van der Waals surface area contributed by atoms with Crippen molar-refractivity contribution in [3.8, 4) is 0 Å². The Labute approximate surface area is 123 Å². The fourth-order valence-corrected chi connectivity index (χ4v) is 2.23. The number of likely N-dealkylation sites (N-methyl/N-ethyl adjacent to an activating group) is 2. The Hall–Kier alpha value is -1.55. The van der Waals surface area contributed by atoms with Crippen LogP contribution in [-0.2, 0) is 4.79 Å². The third kappa shape index (κ3) is 4.23. The molecule has 0 unspecified atom stereocenters. The van der Waals surface area contributed by atoms with Gasteiger partial charge in [0.15, 0.2) is 0 Å². The molecular weight excluding hydrogens is 250 g/mol. The predicted molar refractivity (Wildman–Crippen MR) is 86.7 cm³/mol. The summed E-state index contributed by atoms with van der Waals surface area (Å²) in [6.45, 7) is 5.59. The van der Waals surface area contributed by atoms with Gasteiger partial charge in [-0.15, -0.1) is 0 Å². The molecule has 0 bridgehead atoms. The Bertz CT molecular complexity index is 457. The van der Waals surface area contributed by atoms with E-state index in [2.05, 4.69) is 35.8 Å². The third-order valence-electron chi connectivity index (χ3n) is 3.45. The number of hydrogen-bond donors (Lipinski definition) is 0. The van der Waals surface area contributed by atoms with Gasteiger partial charge in [0, 0.05) is 32.5 Å². The van der Waals surface area contributed by atoms with Crippen LogP contribution < -0.4 is 9.80 Å². The summed E-state index contributed by atoms with van der Waals surface area (Å²) in [5.41, 5.74) is 3.29. The third-order valence-corrected chi connectivity index (χ3v) is 3.45. The summed E-state index contributed by atoms with van der Waals surface area (Å²) >= 11 is 0. The summed E-state index contributed by atoms with van der Waals surface area (Å²) in [7, 11) is 7.85. The molecule has 0 N–H and O–H groups in total. The number of aryl methyl sites for hydroxylation is 1. The molecule has 0 atom stereocenters. The number of hydrogen-bond acceptors (Lipinski definition) is 3. The lowest BCUT2D eigenvalue weighted by molar-refractivity contribution is -0.119. The molecule has 1 aromatic carbocycles. The van der Waals surface area contributed by atoms with Crippen LogP contribution in [0.1, 0.15) is 18.9 Å². The van der Waals surface area contributed by atoms with E-state index in [1.165, 1.54) is 5.56 Å². The average Bonchev–Trinajstić information content (AvgIpc) is 2.38. The van der Waals surface area contributed by atoms with Crippen LogP contribution in [0.2, 0.25) is 0 Å². The Morgan fingerprint density at radius 3 is 2.35 bits per heavy atom. The number of carbonyl (C=O) groups excluding carboxylic acids is 1. The number of carbonyl (C=O) groups is 1. The lowest BCUT2D eigenvalue weighted by Gasteiger charge is -2.24. The van der Waals surface area contributed by atoms with Crippen molar-refractivity contribution in [2.45, 2.75) is 20.3 Å². The van der Waals surface area contributed by atoms with Gasteiger partial charge in [0.05, 0.1) is 6.54 Å². The zero-order chi connectivity index (χ0) is 15.3. The second-order valence-corrected chi connectivity index (χ2v) is 5.56. The second kappa shape index (κ2) is 7.29. The van der Waals surface area contributed by atoms with Crippen LogP contribution in [0.4, 0.5) is 11.4 Å². The van der Waals surface area contributed by atoms with E-state index in [0.29, 0.717) is 6.54 Å². The Morgan fingerprint density at radius 1 is 1.15 bits per heavy atom. The highest BCUT2D eigenvalue weighted by molar-refractivity contribution is 5.94. The highest BCUT2D eigenvalue weighted by Gasteiger charge is 2.14. The fraction of sp³-hybridized carbons (Fsp3) is 0.562. The van der Waals surface area contributed by atoms with Crippen LogP contribution in [0.25, 0.3) is 0 Å². The summed E-state index contributed by atoms with van der Waals surface area (Å²) in [6.07, 6.45) is 1.06. The van der Waals surface area contributed by atoms with Crippen LogP contribution in [0.5, 0.6) is 0 Å². The second-order valence-electron chi connectivity index (χ2n) is 5.56. The minimum Gasteiger partial charge on any atom is -0.377 e. The topological polar surface area (TPSA) is 26.8 Å². The average molecular weight is 277 g/mol. The molecule has 1 aromatic rings. The molecule has 1 amide bonds. The molecule has 0 spiro atoms. The summed E-state index contributed by atoms with van der Waals surface area (Å²) in [5.74, 6) is 0.120. The molecule has 0 saturated carbocycles. The van der Waals surface area contributed by atoms with Gasteiger partial charge < -0.3 is 9.80 Å². The quantitative estimate of drug-likeness (QED) is 0.798. The van der Waals surface area contributed by atoms with Gasteiger partial charge in [0.1, 0.15) is 0 Å². The summed E-state index contributed by atoms with van der Waals surface area (Å²) in [5, 5.41) is 0. The zero-order valence-corrected chi connectivity index (χ0v) is 13.6. The number of nitrogens with zero attached hydrogens (tertiary/aromatic N) is 3. The molecule has 4 heteroatoms. The molecular formula is C16H27N3O. The van der Waals surface area contributed by atoms with Crippen LogP contribution in [0.15, 0.2) is 18.2 Å². The van der Waals surface area contributed by atoms with E-state index in [4.69, 9.17) is 0 Å². The highest BCUT2D eigenvalue weighted by atomic mass is 16.2. The van der Waals surface area contributed by atoms with E-state index in [9.17, 15) is 4.79 Å². The van der Waals surface area contributed by atoms with Gasteiger partial charge in [0.25, 0.3) is 0 Å². The van der Waals surface area contributed by atoms with Gasteiger partial charge in [-0.25, -0.2) is 0 Å². The van der Waals surface area contributed by atoms with Crippen molar-refractivity contribution >= 4 is 17.3 Å². The first-order valence-corrected chi connectivity index (χ1v) is 7.09. The molecule has 0 fully saturated rings. The highest BCUT2D eigenvalue weighted by Crippen LogP contribution is 2.24. The molecule has 0 aliphatic heterocycles. The van der Waals surface area contributed by atoms with E-state index in [1.54, 1.807) is 4.90 Å². The first kappa shape index (κ1) is 16.5. The van der Waals surface area contributed by atoms with Gasteiger partial charge >= 0.3 is 0 Å². The van der Waals surface area contributed by atoms with E-state index in [1.807, 2.05) is 34.3 Å². The molecule has 0 aliphatic rings. The number of anilines is 2. The molecule has 1 rings (SSSR count). The van der Waals surface area contributed by atoms with E-state index in [-0.39, 0.29) is 5.91 Å². The summed E-state index contributed by atoms with van der Waals surface area (Å²) < 4.78 is 0. The van der Waals surface area contributed by atoms with Crippen LogP contribution in [-0.4, -0.2) is 52.1 Å². The molecule has 4 nitrogen and oxygen atoms in total. The maximum Gasteiger partial charge on any atom is 0.240 e. The SMILES string of the molecule is CCCN(C)CC(=O)N(C)c1ccc(C)c(N(C)C)c1. The lowest BCUT2D eigenvalue weighted by Crippen LogP contribution is -2.37. The zero-order valence-electron chi connectivity index (χ0n) is 13.6. The monoisotopic (exact) mass is 277 g/mol. The van der Waals surface area contributed by atoms with Gasteiger partial charge in [-0.2, -0.15) is 0 Å². The lowest BCUT2D eigenvalue weighted by atomic mass is 10.1. The van der Waals surface area contributed by atoms with Crippen LogP contribution >= 0.6 is 0 Å². The van der Waals surface area contributed by atoms with Crippen LogP contribution in [0, 0.1) is 6.92 Å². The molecule has 0 aliphatic carbocycles. The Morgan fingerprint density at radius 2 is 1.80 bits per heavy atom. The normalized spacial score (nSPS) is 10.8. The van der Waals surface area contributed by atoms with E-state index < -0.39 is 0 Å². The Kier molecular flexibility index (Phi) is 6.02. The van der Waals surface area contributed by atoms with Crippen molar-refractivity contribution in [2.75, 3.05) is 51.1 Å². The number of rotatable bonds is 6. The van der Waals surface area contributed by atoms with Crippen molar-refractivity contribution in [3.63, 3.8) is 0 Å². The minimum absolute atomic E-state index is 0.120. The number of amides is 1. The van der Waals surface area contributed by atoms with Gasteiger partial charge in [-0.05, 0) is 44.6 Å². The van der Waals surface area contributed by atoms with Crippen molar-refractivity contribution in [3.05, 3.63) is 23.8 Å². The Balaban J connectivity index is 2.84. The number of benzene rings is 1. The molecule has 112 valence electrons. The van der Waals surface area contributed by atoms with Crippen LogP contribution in [0.3, 0.4) is 0 Å². The molecule has 0 aromatic heterocycles. The van der Waals surface area contributed by atoms with Crippen molar-refractivity contribution < 1.29 is 4.79 Å². The first-order valence-electron chi connectivity index (χ1n) is 7.09. The van der Waals surface area contributed by atoms with Gasteiger partial charge in [-0.1, -0.05) is 13.0 Å². The van der Waals surface area contributed by atoms with E-state index >= 15 is 0 Å². The maximum absolute atomic E-state index is 12.3. The largest absolute Gasteiger partial charge is 0.377 e. The van der Waals surface area contributed by atoms with Gasteiger partial charge in [-0.3, -0.25) is 9.69 Å². The van der Waals surface area contributed by atoms with Gasteiger partial charge in [0.2, 0.25) is 5.91 Å². The smallest absolute Gasteiger partial charge is 0.240 e. The molecule has 0 saturated heterocycles.